The molecule has 2 heterocycles. The minimum Gasteiger partial charge on any atom is -0.493 e. The molecule has 1 amide bonds. The molecule has 6 nitrogen and oxygen atoms in total. The molecule has 30 heavy (non-hydrogen) atoms. The molecule has 1 saturated heterocycles. The van der Waals surface area contributed by atoms with E-state index in [9.17, 15) is 4.79 Å². The summed E-state index contributed by atoms with van der Waals surface area (Å²) in [6.45, 7) is 2.35. The van der Waals surface area contributed by atoms with Crippen molar-refractivity contribution in [3.05, 3.63) is 70.6 Å². The van der Waals surface area contributed by atoms with Crippen LogP contribution in [-0.4, -0.2) is 27.9 Å². The van der Waals surface area contributed by atoms with Gasteiger partial charge in [-0.25, -0.2) is 4.98 Å². The summed E-state index contributed by atoms with van der Waals surface area (Å²) in [5.41, 5.74) is 2.64. The number of aryl methyl sites for hydroxylation is 1. The zero-order chi connectivity index (χ0) is 21.1. The third-order valence-corrected chi connectivity index (χ3v) is 6.07. The second-order valence-corrected chi connectivity index (χ2v) is 8.49. The van der Waals surface area contributed by atoms with Gasteiger partial charge in [-0.2, -0.15) is 0 Å². The minimum absolute atomic E-state index is 0.107. The Labute approximate surface area is 183 Å². The number of nitrogens with one attached hydrogen (secondary N) is 2. The number of carbonyl (C=O) groups excluding carboxylic acids is 1. The fourth-order valence-electron chi connectivity index (χ4n) is 3.16. The third kappa shape index (κ3) is 4.68. The van der Waals surface area contributed by atoms with E-state index in [4.69, 9.17) is 26.2 Å². The van der Waals surface area contributed by atoms with Crippen LogP contribution in [0.25, 0.3) is 11.5 Å². The van der Waals surface area contributed by atoms with E-state index in [1.165, 1.54) is 11.8 Å². The molecule has 1 aromatic heterocycles. The van der Waals surface area contributed by atoms with Gasteiger partial charge in [-0.05, 0) is 43.2 Å². The van der Waals surface area contributed by atoms with Crippen molar-refractivity contribution in [2.45, 2.75) is 25.0 Å². The van der Waals surface area contributed by atoms with Crippen molar-refractivity contribution in [2.24, 2.45) is 0 Å². The van der Waals surface area contributed by atoms with E-state index < -0.39 is 0 Å². The maximum Gasteiger partial charge on any atom is 0.239 e. The summed E-state index contributed by atoms with van der Waals surface area (Å²) in [6.07, 6.45) is 1.20. The summed E-state index contributed by atoms with van der Waals surface area (Å²) in [4.78, 5) is 16.3. The molecule has 1 unspecified atom stereocenters. The van der Waals surface area contributed by atoms with Gasteiger partial charge >= 0.3 is 0 Å². The first-order chi connectivity index (χ1) is 14.5. The topological polar surface area (TPSA) is 88.2 Å². The largest absolute Gasteiger partial charge is 0.493 e. The number of thioether (sulfide) groups is 1. The second kappa shape index (κ2) is 8.93. The van der Waals surface area contributed by atoms with Crippen molar-refractivity contribution in [2.75, 3.05) is 6.61 Å². The van der Waals surface area contributed by atoms with E-state index in [1.54, 1.807) is 0 Å². The SMILES string of the molecule is Cc1oc(-c2ccccc2Cl)nc1CCOc1ccc(CC2SC(=N)NC2=O)cc1. The van der Waals surface area contributed by atoms with Crippen LogP contribution in [0.2, 0.25) is 5.02 Å². The third-order valence-electron chi connectivity index (χ3n) is 4.74. The van der Waals surface area contributed by atoms with Gasteiger partial charge in [0.25, 0.3) is 0 Å². The lowest BCUT2D eigenvalue weighted by Crippen LogP contribution is -2.25. The van der Waals surface area contributed by atoms with Crippen LogP contribution < -0.4 is 10.1 Å². The molecule has 0 saturated carbocycles. The number of amides is 1. The predicted octanol–water partition coefficient (Wildman–Crippen LogP) is 4.63. The van der Waals surface area contributed by atoms with Gasteiger partial charge in [0, 0.05) is 6.42 Å². The highest BCUT2D eigenvalue weighted by atomic mass is 35.5. The summed E-state index contributed by atoms with van der Waals surface area (Å²) < 4.78 is 11.6. The number of hydrogen-bond donors (Lipinski definition) is 2. The van der Waals surface area contributed by atoms with E-state index in [2.05, 4.69) is 10.3 Å². The highest BCUT2D eigenvalue weighted by molar-refractivity contribution is 8.15. The van der Waals surface area contributed by atoms with Gasteiger partial charge in [0.15, 0.2) is 5.17 Å². The van der Waals surface area contributed by atoms with Crippen molar-refractivity contribution in [3.8, 4) is 17.2 Å². The fraction of sp³-hybridized carbons (Fsp3) is 0.227. The zero-order valence-electron chi connectivity index (χ0n) is 16.3. The Morgan fingerprint density at radius 1 is 1.23 bits per heavy atom. The first-order valence-corrected chi connectivity index (χ1v) is 10.7. The number of aromatic nitrogens is 1. The number of carbonyl (C=O) groups is 1. The summed E-state index contributed by atoms with van der Waals surface area (Å²) >= 11 is 7.48. The summed E-state index contributed by atoms with van der Waals surface area (Å²) in [6, 6.07) is 15.1. The Hall–Kier alpha value is -2.77. The molecule has 2 N–H and O–H groups in total. The van der Waals surface area contributed by atoms with Crippen molar-refractivity contribution >= 4 is 34.4 Å². The average Bonchev–Trinajstić information content (AvgIpc) is 3.24. The lowest BCUT2D eigenvalue weighted by Gasteiger charge is -2.08. The Morgan fingerprint density at radius 2 is 2.00 bits per heavy atom. The van der Waals surface area contributed by atoms with Crippen molar-refractivity contribution in [1.29, 1.82) is 5.41 Å². The first kappa shape index (κ1) is 20.5. The fourth-order valence-corrected chi connectivity index (χ4v) is 4.27. The van der Waals surface area contributed by atoms with Crippen LogP contribution in [0.5, 0.6) is 5.75 Å². The van der Waals surface area contributed by atoms with Crippen LogP contribution in [-0.2, 0) is 17.6 Å². The molecule has 0 aliphatic carbocycles. The van der Waals surface area contributed by atoms with E-state index in [-0.39, 0.29) is 16.3 Å². The quantitative estimate of drug-likeness (QED) is 0.557. The molecule has 2 aromatic carbocycles. The molecular weight excluding hydrogens is 422 g/mol. The monoisotopic (exact) mass is 441 g/mol. The summed E-state index contributed by atoms with van der Waals surface area (Å²) in [7, 11) is 0. The average molecular weight is 442 g/mol. The van der Waals surface area contributed by atoms with E-state index in [1.807, 2.05) is 55.5 Å². The van der Waals surface area contributed by atoms with Crippen LogP contribution in [0.1, 0.15) is 17.0 Å². The maximum atomic E-state index is 11.8. The Morgan fingerprint density at radius 3 is 2.70 bits per heavy atom. The lowest BCUT2D eigenvalue weighted by molar-refractivity contribution is -0.118. The molecule has 4 rings (SSSR count). The molecule has 0 bridgehead atoms. The normalized spacial score (nSPS) is 16.0. The van der Waals surface area contributed by atoms with Gasteiger partial charge in [0.1, 0.15) is 11.5 Å². The van der Waals surface area contributed by atoms with Crippen LogP contribution >= 0.6 is 23.4 Å². The van der Waals surface area contributed by atoms with E-state index in [0.717, 1.165) is 28.3 Å². The van der Waals surface area contributed by atoms with Crippen molar-refractivity contribution in [3.63, 3.8) is 0 Å². The molecule has 0 radical (unpaired) electrons. The van der Waals surface area contributed by atoms with Gasteiger partial charge in [-0.3, -0.25) is 10.2 Å². The van der Waals surface area contributed by atoms with Crippen molar-refractivity contribution in [1.82, 2.24) is 10.3 Å². The number of amidine groups is 1. The van der Waals surface area contributed by atoms with Crippen LogP contribution in [0.15, 0.2) is 52.9 Å². The smallest absolute Gasteiger partial charge is 0.239 e. The van der Waals surface area contributed by atoms with Crippen molar-refractivity contribution < 1.29 is 13.9 Å². The van der Waals surface area contributed by atoms with Gasteiger partial charge in [0.2, 0.25) is 11.8 Å². The van der Waals surface area contributed by atoms with E-state index in [0.29, 0.717) is 30.4 Å². The molecule has 1 fully saturated rings. The highest BCUT2D eigenvalue weighted by Gasteiger charge is 2.29. The highest BCUT2D eigenvalue weighted by Crippen LogP contribution is 2.28. The predicted molar refractivity (Wildman–Crippen MR) is 118 cm³/mol. The number of nitrogens with zero attached hydrogens (tertiary/aromatic N) is 1. The first-order valence-electron chi connectivity index (χ1n) is 9.48. The number of oxazole rings is 1. The molecule has 1 aliphatic heterocycles. The molecule has 8 heteroatoms. The van der Waals surface area contributed by atoms with Gasteiger partial charge < -0.3 is 14.5 Å². The summed E-state index contributed by atoms with van der Waals surface area (Å²) in [5, 5.41) is 10.6. The van der Waals surface area contributed by atoms with Crippen LogP contribution in [0.4, 0.5) is 0 Å². The summed E-state index contributed by atoms with van der Waals surface area (Å²) in [5.74, 6) is 1.91. The molecular formula is C22H20ClN3O3S. The molecule has 3 aromatic rings. The van der Waals surface area contributed by atoms with Crippen LogP contribution in [0.3, 0.4) is 0 Å². The van der Waals surface area contributed by atoms with Crippen LogP contribution in [0, 0.1) is 12.3 Å². The number of ether oxygens (including phenoxy) is 1. The Bertz CT molecular complexity index is 1080. The van der Waals surface area contributed by atoms with E-state index >= 15 is 0 Å². The zero-order valence-corrected chi connectivity index (χ0v) is 17.8. The molecule has 154 valence electrons. The Kier molecular flexibility index (Phi) is 6.11. The lowest BCUT2D eigenvalue weighted by atomic mass is 10.1. The molecule has 1 aliphatic rings. The number of halogens is 1. The van der Waals surface area contributed by atoms with Gasteiger partial charge in [0.05, 0.1) is 28.1 Å². The second-order valence-electron chi connectivity index (χ2n) is 6.87. The Balaban J connectivity index is 1.32. The maximum absolute atomic E-state index is 11.8. The van der Waals surface area contributed by atoms with Gasteiger partial charge in [-0.1, -0.05) is 47.6 Å². The van der Waals surface area contributed by atoms with Gasteiger partial charge in [-0.15, -0.1) is 0 Å². The molecule has 0 spiro atoms. The molecule has 1 atom stereocenters. The number of benzene rings is 2. The number of rotatable bonds is 7. The number of hydrogen-bond acceptors (Lipinski definition) is 6. The standard InChI is InChI=1S/C22H20ClN3O3S/c1-13-18(25-21(29-13)16-4-2-3-5-17(16)23)10-11-28-15-8-6-14(7-9-15)12-19-20(27)26-22(24)30-19/h2-9,19H,10-12H2,1H3,(H2,24,26,27). The minimum atomic E-state index is -0.244.